The summed E-state index contributed by atoms with van der Waals surface area (Å²) >= 11 is 0. The Morgan fingerprint density at radius 3 is 2.48 bits per heavy atom. The van der Waals surface area contributed by atoms with Gasteiger partial charge in [0.25, 0.3) is 0 Å². The third-order valence-electron chi connectivity index (χ3n) is 4.61. The van der Waals surface area contributed by atoms with Gasteiger partial charge in [0.2, 0.25) is 5.89 Å². The zero-order valence-corrected chi connectivity index (χ0v) is 14.7. The lowest BCUT2D eigenvalue weighted by atomic mass is 10.1. The third-order valence-corrected chi connectivity index (χ3v) is 4.61. The molecule has 2 aromatic rings. The zero-order valence-electron chi connectivity index (χ0n) is 14.7. The first kappa shape index (κ1) is 17.4. The summed E-state index contributed by atoms with van der Waals surface area (Å²) in [6, 6.07) is 6.61. The molecule has 0 spiro atoms. The molecule has 1 fully saturated rings. The molecule has 3 rings (SSSR count). The molecule has 6 nitrogen and oxygen atoms in total. The Hall–Kier alpha value is -2.46. The van der Waals surface area contributed by atoms with Crippen molar-refractivity contribution in [3.63, 3.8) is 0 Å². The molecule has 132 valence electrons. The molecule has 7 heteroatoms. The number of benzene rings is 1. The molecule has 2 heterocycles. The van der Waals surface area contributed by atoms with E-state index in [-0.39, 0.29) is 17.8 Å². The Labute approximate surface area is 146 Å². The number of halogens is 1. The van der Waals surface area contributed by atoms with Gasteiger partial charge in [-0.15, -0.1) is 0 Å². The number of aromatic nitrogens is 2. The van der Waals surface area contributed by atoms with Crippen LogP contribution >= 0.6 is 0 Å². The third kappa shape index (κ3) is 3.64. The quantitative estimate of drug-likeness (QED) is 0.850. The van der Waals surface area contributed by atoms with Gasteiger partial charge in [-0.05, 0) is 25.1 Å². The number of anilines is 1. The molecular formula is C18H22FN5O. The fourth-order valence-corrected chi connectivity index (χ4v) is 2.99. The van der Waals surface area contributed by atoms with E-state index in [9.17, 15) is 4.39 Å². The van der Waals surface area contributed by atoms with Crippen molar-refractivity contribution in [1.82, 2.24) is 15.0 Å². The highest BCUT2D eigenvalue weighted by atomic mass is 19.1. The van der Waals surface area contributed by atoms with E-state index in [1.165, 1.54) is 6.07 Å². The minimum absolute atomic E-state index is 0.0351. The Morgan fingerprint density at radius 2 is 1.92 bits per heavy atom. The van der Waals surface area contributed by atoms with Crippen LogP contribution in [0.1, 0.15) is 50.0 Å². The predicted molar refractivity (Wildman–Crippen MR) is 91.7 cm³/mol. The molecule has 1 aliphatic rings. The van der Waals surface area contributed by atoms with E-state index in [4.69, 9.17) is 9.78 Å². The van der Waals surface area contributed by atoms with E-state index in [0.29, 0.717) is 30.2 Å². The number of nitrogens with zero attached hydrogens (tertiary/aromatic N) is 5. The molecule has 0 amide bonds. The lowest BCUT2D eigenvalue weighted by Gasteiger charge is -2.38. The second-order valence-electron chi connectivity index (χ2n) is 6.62. The largest absolute Gasteiger partial charge is 0.367 e. The maximum absolute atomic E-state index is 14.2. The molecule has 25 heavy (non-hydrogen) atoms. The fraction of sp³-hybridized carbons (Fsp3) is 0.500. The molecule has 0 unspecified atom stereocenters. The van der Waals surface area contributed by atoms with E-state index in [1.807, 2.05) is 24.8 Å². The number of hydrogen-bond acceptors (Lipinski definition) is 6. The molecule has 1 aromatic heterocycles. The first-order chi connectivity index (χ1) is 12.0. The molecule has 0 aliphatic carbocycles. The molecule has 0 N–H and O–H groups in total. The van der Waals surface area contributed by atoms with E-state index in [0.717, 1.165) is 18.9 Å². The Kier molecular flexibility index (Phi) is 5.00. The Bertz CT molecular complexity index is 774. The van der Waals surface area contributed by atoms with Gasteiger partial charge in [-0.2, -0.15) is 10.2 Å². The number of hydrogen-bond donors (Lipinski definition) is 0. The monoisotopic (exact) mass is 343 g/mol. The first-order valence-electron chi connectivity index (χ1n) is 8.51. The first-order valence-corrected chi connectivity index (χ1v) is 8.51. The van der Waals surface area contributed by atoms with Crippen LogP contribution in [0.2, 0.25) is 0 Å². The van der Waals surface area contributed by atoms with Gasteiger partial charge in [-0.3, -0.25) is 4.90 Å². The van der Waals surface area contributed by atoms with Crippen molar-refractivity contribution in [1.29, 1.82) is 5.26 Å². The number of nitriles is 1. The van der Waals surface area contributed by atoms with Crippen LogP contribution in [0.25, 0.3) is 0 Å². The summed E-state index contributed by atoms with van der Waals surface area (Å²) in [4.78, 5) is 8.74. The topological polar surface area (TPSA) is 69.2 Å². The number of rotatable bonds is 4. The lowest BCUT2D eigenvalue weighted by Crippen LogP contribution is -2.47. The van der Waals surface area contributed by atoms with Gasteiger partial charge in [-0.25, -0.2) is 4.39 Å². The number of piperazine rings is 1. The standard InChI is InChI=1S/C18H22FN5O/c1-12(2)17-21-18(25-22-17)13(3)23-6-8-24(9-7-23)16-5-4-14(11-20)10-15(16)19/h4-5,10,12-13H,6-9H2,1-3H3/t13-/m0/s1. The van der Waals surface area contributed by atoms with Crippen molar-refractivity contribution in [2.24, 2.45) is 0 Å². The van der Waals surface area contributed by atoms with Crippen LogP contribution in [0, 0.1) is 17.1 Å². The van der Waals surface area contributed by atoms with Crippen LogP contribution < -0.4 is 4.90 Å². The average molecular weight is 343 g/mol. The maximum Gasteiger partial charge on any atom is 0.243 e. The summed E-state index contributed by atoms with van der Waals surface area (Å²) in [5, 5.41) is 12.9. The normalized spacial score (nSPS) is 16.9. The molecule has 0 bridgehead atoms. The van der Waals surface area contributed by atoms with Crippen LogP contribution in [0.4, 0.5) is 10.1 Å². The van der Waals surface area contributed by atoms with Crippen LogP contribution in [0.3, 0.4) is 0 Å². The SMILES string of the molecule is CC(C)c1noc([C@H](C)N2CCN(c3ccc(C#N)cc3F)CC2)n1. The molecule has 1 aromatic carbocycles. The zero-order chi connectivity index (χ0) is 18.0. The fourth-order valence-electron chi connectivity index (χ4n) is 2.99. The minimum atomic E-state index is -0.348. The minimum Gasteiger partial charge on any atom is -0.367 e. The van der Waals surface area contributed by atoms with Gasteiger partial charge < -0.3 is 9.42 Å². The van der Waals surface area contributed by atoms with Gasteiger partial charge in [-0.1, -0.05) is 19.0 Å². The van der Waals surface area contributed by atoms with E-state index in [2.05, 4.69) is 22.0 Å². The summed E-state index contributed by atoms with van der Waals surface area (Å²) in [6.45, 7) is 9.08. The highest BCUT2D eigenvalue weighted by Crippen LogP contribution is 2.25. The van der Waals surface area contributed by atoms with Gasteiger partial charge >= 0.3 is 0 Å². The summed E-state index contributed by atoms with van der Waals surface area (Å²) in [7, 11) is 0. The predicted octanol–water partition coefficient (Wildman–Crippen LogP) is 3.09. The maximum atomic E-state index is 14.2. The Morgan fingerprint density at radius 1 is 1.20 bits per heavy atom. The van der Waals surface area contributed by atoms with Gasteiger partial charge in [0.15, 0.2) is 5.82 Å². The smallest absolute Gasteiger partial charge is 0.243 e. The highest BCUT2D eigenvalue weighted by molar-refractivity contribution is 5.51. The van der Waals surface area contributed by atoms with Crippen molar-refractivity contribution in [3.05, 3.63) is 41.3 Å². The summed E-state index contributed by atoms with van der Waals surface area (Å²) in [5.41, 5.74) is 0.886. The van der Waals surface area contributed by atoms with Crippen LogP contribution in [-0.2, 0) is 0 Å². The van der Waals surface area contributed by atoms with Crippen molar-refractivity contribution >= 4 is 5.69 Å². The Balaban J connectivity index is 1.64. The van der Waals surface area contributed by atoms with Gasteiger partial charge in [0, 0.05) is 32.1 Å². The van der Waals surface area contributed by atoms with Gasteiger partial charge in [0.1, 0.15) is 5.82 Å². The molecule has 1 atom stereocenters. The molecule has 0 radical (unpaired) electrons. The van der Waals surface area contributed by atoms with Crippen LogP contribution in [0.5, 0.6) is 0 Å². The highest BCUT2D eigenvalue weighted by Gasteiger charge is 2.27. The van der Waals surface area contributed by atoms with Crippen molar-refractivity contribution < 1.29 is 8.91 Å². The van der Waals surface area contributed by atoms with Crippen LogP contribution in [0.15, 0.2) is 22.7 Å². The molecule has 0 saturated carbocycles. The van der Waals surface area contributed by atoms with E-state index in [1.54, 1.807) is 12.1 Å². The van der Waals surface area contributed by atoms with Gasteiger partial charge in [0.05, 0.1) is 23.4 Å². The summed E-state index contributed by atoms with van der Waals surface area (Å²) in [6.07, 6.45) is 0. The second-order valence-corrected chi connectivity index (χ2v) is 6.62. The van der Waals surface area contributed by atoms with Crippen molar-refractivity contribution in [3.8, 4) is 6.07 Å². The van der Waals surface area contributed by atoms with Crippen molar-refractivity contribution in [2.45, 2.75) is 32.7 Å². The second kappa shape index (κ2) is 7.19. The molecule has 1 saturated heterocycles. The lowest BCUT2D eigenvalue weighted by molar-refractivity contribution is 0.164. The average Bonchev–Trinajstić information content (AvgIpc) is 3.11. The summed E-state index contributed by atoms with van der Waals surface area (Å²) in [5.74, 6) is 1.24. The van der Waals surface area contributed by atoms with Crippen molar-refractivity contribution in [2.75, 3.05) is 31.1 Å². The molecule has 1 aliphatic heterocycles. The van der Waals surface area contributed by atoms with E-state index >= 15 is 0 Å². The van der Waals surface area contributed by atoms with Crippen LogP contribution in [-0.4, -0.2) is 41.2 Å². The summed E-state index contributed by atoms with van der Waals surface area (Å²) < 4.78 is 19.6. The van der Waals surface area contributed by atoms with E-state index < -0.39 is 0 Å². The molecular weight excluding hydrogens is 321 g/mol.